The average Bonchev–Trinajstić information content (AvgIpc) is 3.19. The van der Waals surface area contributed by atoms with E-state index >= 15 is 0 Å². The molecule has 0 aliphatic rings. The Kier molecular flexibility index (Phi) is 6.88. The fourth-order valence-electron chi connectivity index (χ4n) is 4.75. The smallest absolute Gasteiger partial charge is 0.333 e. The highest BCUT2D eigenvalue weighted by atomic mass is 16.5. The number of methoxy groups -OCH3 is 1. The standard InChI is InChI=1S/C32H32N4O2/c1-6-7-8-17-32(2,3)24-11-14-26(15-12-24)36-30-27-18-22(23-9-13-25(21-38-5)33-19-23)10-16-28(27)34-20-29(30)35(4)31(36)37/h9-16,18-20H,6-7,21H2,1-5H3. The molecule has 0 saturated carbocycles. The summed E-state index contributed by atoms with van der Waals surface area (Å²) in [5.41, 5.74) is 6.87. The minimum Gasteiger partial charge on any atom is -0.378 e. The Balaban J connectivity index is 1.64. The maximum Gasteiger partial charge on any atom is 0.333 e. The van der Waals surface area contributed by atoms with Crippen LogP contribution in [0.3, 0.4) is 0 Å². The van der Waals surface area contributed by atoms with Gasteiger partial charge < -0.3 is 4.74 Å². The summed E-state index contributed by atoms with van der Waals surface area (Å²) in [5.74, 6) is 6.67. The third-order valence-corrected chi connectivity index (χ3v) is 6.96. The largest absolute Gasteiger partial charge is 0.378 e. The Labute approximate surface area is 222 Å². The topological polar surface area (TPSA) is 61.9 Å². The number of fused-ring (bicyclic) bond motifs is 3. The van der Waals surface area contributed by atoms with Crippen molar-refractivity contribution in [1.82, 2.24) is 19.1 Å². The second kappa shape index (κ2) is 10.3. The molecule has 3 aromatic heterocycles. The van der Waals surface area contributed by atoms with Crippen LogP contribution in [0.2, 0.25) is 0 Å². The van der Waals surface area contributed by atoms with Crippen LogP contribution in [0.1, 0.15) is 44.9 Å². The fourth-order valence-corrected chi connectivity index (χ4v) is 4.75. The number of pyridine rings is 2. The first-order chi connectivity index (χ1) is 18.3. The van der Waals surface area contributed by atoms with E-state index in [9.17, 15) is 4.79 Å². The molecular formula is C32H32N4O2. The predicted octanol–water partition coefficient (Wildman–Crippen LogP) is 6.17. The van der Waals surface area contributed by atoms with Gasteiger partial charge in [-0.3, -0.25) is 19.1 Å². The van der Waals surface area contributed by atoms with Gasteiger partial charge in [0.05, 0.1) is 46.2 Å². The van der Waals surface area contributed by atoms with Crippen LogP contribution in [0.4, 0.5) is 0 Å². The van der Waals surface area contributed by atoms with Crippen LogP contribution < -0.4 is 5.69 Å². The van der Waals surface area contributed by atoms with Crippen molar-refractivity contribution in [3.63, 3.8) is 0 Å². The van der Waals surface area contributed by atoms with Gasteiger partial charge in [0.25, 0.3) is 0 Å². The number of unbranched alkanes of at least 4 members (excludes halogenated alkanes) is 1. The van der Waals surface area contributed by atoms with E-state index in [2.05, 4.69) is 60.8 Å². The lowest BCUT2D eigenvalue weighted by Crippen LogP contribution is -2.21. The summed E-state index contributed by atoms with van der Waals surface area (Å²) in [7, 11) is 3.45. The molecule has 0 aliphatic carbocycles. The molecule has 0 saturated heterocycles. The van der Waals surface area contributed by atoms with E-state index in [-0.39, 0.29) is 11.1 Å². The molecule has 0 N–H and O–H groups in total. The molecule has 2 aromatic carbocycles. The zero-order valence-corrected chi connectivity index (χ0v) is 22.6. The summed E-state index contributed by atoms with van der Waals surface area (Å²) in [6.07, 6.45) is 5.57. The van der Waals surface area contributed by atoms with E-state index in [4.69, 9.17) is 4.74 Å². The van der Waals surface area contributed by atoms with Gasteiger partial charge in [-0.15, -0.1) is 5.92 Å². The summed E-state index contributed by atoms with van der Waals surface area (Å²) in [4.78, 5) is 22.7. The van der Waals surface area contributed by atoms with Gasteiger partial charge in [-0.1, -0.05) is 37.1 Å². The number of imidazole rings is 1. The van der Waals surface area contributed by atoms with Crippen molar-refractivity contribution in [2.45, 2.75) is 45.6 Å². The molecule has 0 amide bonds. The number of hydrogen-bond acceptors (Lipinski definition) is 4. The van der Waals surface area contributed by atoms with Crippen LogP contribution in [0, 0.1) is 11.8 Å². The number of aromatic nitrogens is 4. The van der Waals surface area contributed by atoms with Gasteiger partial charge in [0, 0.05) is 37.7 Å². The third-order valence-electron chi connectivity index (χ3n) is 6.96. The van der Waals surface area contributed by atoms with E-state index in [1.54, 1.807) is 29.5 Å². The van der Waals surface area contributed by atoms with Crippen molar-refractivity contribution < 1.29 is 4.74 Å². The van der Waals surface area contributed by atoms with E-state index in [0.717, 1.165) is 62.8 Å². The Hall–Kier alpha value is -4.21. The van der Waals surface area contributed by atoms with Crippen LogP contribution in [0.25, 0.3) is 38.8 Å². The number of aryl methyl sites for hydroxylation is 1. The maximum absolute atomic E-state index is 13.5. The maximum atomic E-state index is 13.5. The predicted molar refractivity (Wildman–Crippen MR) is 153 cm³/mol. The Bertz CT molecular complexity index is 1730. The van der Waals surface area contributed by atoms with E-state index < -0.39 is 0 Å². The van der Waals surface area contributed by atoms with Crippen molar-refractivity contribution in [3.05, 3.63) is 88.7 Å². The molecule has 38 heavy (non-hydrogen) atoms. The fraction of sp³-hybridized carbons (Fsp3) is 0.281. The van der Waals surface area contributed by atoms with Crippen LogP contribution >= 0.6 is 0 Å². The lowest BCUT2D eigenvalue weighted by atomic mass is 9.85. The van der Waals surface area contributed by atoms with E-state index in [0.29, 0.717) is 6.61 Å². The molecule has 0 aliphatic heterocycles. The lowest BCUT2D eigenvalue weighted by Gasteiger charge is -2.19. The van der Waals surface area contributed by atoms with Gasteiger partial charge in [-0.2, -0.15) is 0 Å². The average molecular weight is 505 g/mol. The minimum atomic E-state index is -0.268. The van der Waals surface area contributed by atoms with E-state index in [1.807, 2.05) is 42.6 Å². The highest BCUT2D eigenvalue weighted by Gasteiger charge is 2.20. The van der Waals surface area contributed by atoms with Gasteiger partial charge >= 0.3 is 5.69 Å². The normalized spacial score (nSPS) is 11.6. The molecule has 3 heterocycles. The van der Waals surface area contributed by atoms with Gasteiger partial charge in [-0.25, -0.2) is 4.79 Å². The summed E-state index contributed by atoms with van der Waals surface area (Å²) >= 11 is 0. The molecule has 0 unspecified atom stereocenters. The number of ether oxygens (including phenoxy) is 1. The molecular weight excluding hydrogens is 472 g/mol. The summed E-state index contributed by atoms with van der Waals surface area (Å²) < 4.78 is 8.62. The summed E-state index contributed by atoms with van der Waals surface area (Å²) in [6, 6.07) is 18.3. The first kappa shape index (κ1) is 25.4. The first-order valence-electron chi connectivity index (χ1n) is 12.9. The van der Waals surface area contributed by atoms with Gasteiger partial charge in [0.1, 0.15) is 0 Å². The van der Waals surface area contributed by atoms with Gasteiger partial charge in [-0.05, 0) is 61.7 Å². The van der Waals surface area contributed by atoms with Crippen LogP contribution in [-0.2, 0) is 23.8 Å². The zero-order chi connectivity index (χ0) is 26.9. The minimum absolute atomic E-state index is 0.111. The molecule has 0 atom stereocenters. The van der Waals surface area contributed by atoms with Crippen molar-refractivity contribution in [2.24, 2.45) is 7.05 Å². The first-order valence-corrected chi connectivity index (χ1v) is 12.9. The third kappa shape index (κ3) is 4.62. The molecule has 5 aromatic rings. The second-order valence-electron chi connectivity index (χ2n) is 10.1. The molecule has 6 heteroatoms. The molecule has 0 spiro atoms. The second-order valence-corrected chi connectivity index (χ2v) is 10.1. The van der Waals surface area contributed by atoms with Crippen LogP contribution in [0.5, 0.6) is 0 Å². The molecule has 192 valence electrons. The number of hydrogen-bond donors (Lipinski definition) is 0. The molecule has 6 nitrogen and oxygen atoms in total. The molecule has 5 rings (SSSR count). The highest BCUT2D eigenvalue weighted by molar-refractivity contribution is 6.04. The summed E-state index contributed by atoms with van der Waals surface area (Å²) in [5, 5.41) is 0.911. The quantitative estimate of drug-likeness (QED) is 0.260. The highest BCUT2D eigenvalue weighted by Crippen LogP contribution is 2.30. The summed E-state index contributed by atoms with van der Waals surface area (Å²) in [6.45, 7) is 6.87. The number of benzene rings is 2. The van der Waals surface area contributed by atoms with Crippen molar-refractivity contribution in [3.8, 4) is 28.7 Å². The van der Waals surface area contributed by atoms with Crippen LogP contribution in [0.15, 0.2) is 71.8 Å². The Morgan fingerprint density at radius 1 is 0.974 bits per heavy atom. The van der Waals surface area contributed by atoms with Gasteiger partial charge in [0.15, 0.2) is 0 Å². The van der Waals surface area contributed by atoms with E-state index in [1.165, 1.54) is 0 Å². The number of nitrogens with zero attached hydrogens (tertiary/aromatic N) is 4. The Morgan fingerprint density at radius 2 is 1.74 bits per heavy atom. The molecule has 0 radical (unpaired) electrons. The zero-order valence-electron chi connectivity index (χ0n) is 22.6. The van der Waals surface area contributed by atoms with Gasteiger partial charge in [0.2, 0.25) is 0 Å². The lowest BCUT2D eigenvalue weighted by molar-refractivity contribution is 0.181. The monoisotopic (exact) mass is 504 g/mol. The van der Waals surface area contributed by atoms with Crippen molar-refractivity contribution >= 4 is 21.9 Å². The SMILES string of the molecule is CCCC#CC(C)(C)c1ccc(-n2c(=O)n(C)c3cnc4ccc(-c5ccc(COC)nc5)cc4c32)cc1. The molecule has 0 bridgehead atoms. The van der Waals surface area contributed by atoms with Crippen molar-refractivity contribution in [2.75, 3.05) is 7.11 Å². The number of rotatable bonds is 6. The van der Waals surface area contributed by atoms with Crippen molar-refractivity contribution in [1.29, 1.82) is 0 Å². The van der Waals surface area contributed by atoms with Crippen LogP contribution in [-0.4, -0.2) is 26.2 Å². The molecule has 0 fully saturated rings. The Morgan fingerprint density at radius 3 is 2.42 bits per heavy atom.